The predicted molar refractivity (Wildman–Crippen MR) is 46.2 cm³/mol. The van der Waals surface area contributed by atoms with Gasteiger partial charge in [-0.25, -0.2) is 4.79 Å². The molecule has 0 aromatic carbocycles. The maximum Gasteiger partial charge on any atom is 0.361 e. The topological polar surface area (TPSA) is 47.2 Å². The molecular formula is C9H12N2O2. The van der Waals surface area contributed by atoms with E-state index in [-0.39, 0.29) is 5.69 Å². The van der Waals surface area contributed by atoms with Crippen LogP contribution in [0.1, 0.15) is 36.7 Å². The van der Waals surface area contributed by atoms with Gasteiger partial charge in [0.2, 0.25) is 0 Å². The van der Waals surface area contributed by atoms with Gasteiger partial charge in [0.05, 0.1) is 5.69 Å². The summed E-state index contributed by atoms with van der Waals surface area (Å²) in [6, 6.07) is 0.382. The maximum absolute atomic E-state index is 11.6. The molecule has 3 rings (SSSR count). The van der Waals surface area contributed by atoms with Crippen LogP contribution in [0.5, 0.6) is 0 Å². The molecule has 0 saturated heterocycles. The van der Waals surface area contributed by atoms with E-state index in [0.29, 0.717) is 6.04 Å². The van der Waals surface area contributed by atoms with Gasteiger partial charge in [0.1, 0.15) is 0 Å². The van der Waals surface area contributed by atoms with Gasteiger partial charge in [-0.2, -0.15) is 0 Å². The summed E-state index contributed by atoms with van der Waals surface area (Å²) >= 11 is 0. The van der Waals surface area contributed by atoms with E-state index in [0.717, 1.165) is 48.2 Å². The third-order valence-corrected chi connectivity index (χ3v) is 3.01. The Hall–Kier alpha value is -1.19. The van der Waals surface area contributed by atoms with Gasteiger partial charge in [0, 0.05) is 11.7 Å². The standard InChI is InChI=1S/C9H12N2O2/c12-9-10(6-4-5-6)7-2-1-3-8(7)11(9)13/h6,13H,1-5H2. The lowest BCUT2D eigenvalue weighted by atomic mass is 10.3. The SMILES string of the molecule is O=c1n(O)c2c(n1C1CC1)CCC2. The molecule has 1 aromatic rings. The molecule has 4 heteroatoms. The van der Waals surface area contributed by atoms with Crippen molar-refractivity contribution in [2.75, 3.05) is 0 Å². The third kappa shape index (κ3) is 0.829. The Labute approximate surface area is 75.4 Å². The highest BCUT2D eigenvalue weighted by atomic mass is 16.5. The Morgan fingerprint density at radius 3 is 2.62 bits per heavy atom. The predicted octanol–water partition coefficient (Wildman–Crippen LogP) is 0.711. The number of hydrogen-bond donors (Lipinski definition) is 1. The van der Waals surface area contributed by atoms with Crippen molar-refractivity contribution < 1.29 is 5.21 Å². The first-order chi connectivity index (χ1) is 6.29. The molecule has 1 heterocycles. The quantitative estimate of drug-likeness (QED) is 0.647. The van der Waals surface area contributed by atoms with Crippen LogP contribution in [0.25, 0.3) is 0 Å². The monoisotopic (exact) mass is 180 g/mol. The highest BCUT2D eigenvalue weighted by molar-refractivity contribution is 5.21. The molecular weight excluding hydrogens is 168 g/mol. The number of imidazole rings is 1. The molecule has 4 nitrogen and oxygen atoms in total. The van der Waals surface area contributed by atoms with Gasteiger partial charge >= 0.3 is 5.69 Å². The van der Waals surface area contributed by atoms with E-state index >= 15 is 0 Å². The first-order valence-electron chi connectivity index (χ1n) is 4.83. The van der Waals surface area contributed by atoms with Crippen LogP contribution in [-0.4, -0.2) is 14.5 Å². The zero-order valence-corrected chi connectivity index (χ0v) is 7.36. The fourth-order valence-corrected chi connectivity index (χ4v) is 2.24. The summed E-state index contributed by atoms with van der Waals surface area (Å²) in [4.78, 5) is 11.6. The number of aromatic nitrogens is 2. The maximum atomic E-state index is 11.6. The smallest absolute Gasteiger partial charge is 0.361 e. The van der Waals surface area contributed by atoms with Crippen LogP contribution in [0.4, 0.5) is 0 Å². The van der Waals surface area contributed by atoms with Crippen molar-refractivity contribution in [3.63, 3.8) is 0 Å². The van der Waals surface area contributed by atoms with Crippen LogP contribution in [0.3, 0.4) is 0 Å². The number of fused-ring (bicyclic) bond motifs is 1. The van der Waals surface area contributed by atoms with Crippen LogP contribution < -0.4 is 5.69 Å². The summed E-state index contributed by atoms with van der Waals surface area (Å²) in [5, 5.41) is 9.50. The lowest BCUT2D eigenvalue weighted by molar-refractivity contribution is 0.164. The fourth-order valence-electron chi connectivity index (χ4n) is 2.24. The molecule has 13 heavy (non-hydrogen) atoms. The first-order valence-corrected chi connectivity index (χ1v) is 4.83. The van der Waals surface area contributed by atoms with Crippen molar-refractivity contribution in [1.82, 2.24) is 9.30 Å². The van der Waals surface area contributed by atoms with Crippen molar-refractivity contribution in [3.8, 4) is 0 Å². The van der Waals surface area contributed by atoms with Gasteiger partial charge < -0.3 is 5.21 Å². The molecule has 2 aliphatic carbocycles. The van der Waals surface area contributed by atoms with E-state index in [1.54, 1.807) is 4.57 Å². The second kappa shape index (κ2) is 2.19. The minimum atomic E-state index is -0.229. The summed E-state index contributed by atoms with van der Waals surface area (Å²) in [5.74, 6) is 0. The normalized spacial score (nSPS) is 20.6. The third-order valence-electron chi connectivity index (χ3n) is 3.01. The number of rotatable bonds is 1. The Bertz CT molecular complexity index is 412. The number of nitrogens with zero attached hydrogens (tertiary/aromatic N) is 2. The average Bonchev–Trinajstić information content (AvgIpc) is 2.77. The molecule has 0 aliphatic heterocycles. The molecule has 1 saturated carbocycles. The van der Waals surface area contributed by atoms with Gasteiger partial charge in [-0.3, -0.25) is 4.57 Å². The summed E-state index contributed by atoms with van der Waals surface area (Å²) < 4.78 is 2.64. The molecule has 1 N–H and O–H groups in total. The number of hydrogen-bond acceptors (Lipinski definition) is 2. The van der Waals surface area contributed by atoms with E-state index in [9.17, 15) is 10.0 Å². The minimum Gasteiger partial charge on any atom is -0.424 e. The summed E-state index contributed by atoms with van der Waals surface area (Å²) in [6.07, 6.45) is 5.06. The van der Waals surface area contributed by atoms with Gasteiger partial charge in [-0.15, -0.1) is 4.73 Å². The Morgan fingerprint density at radius 2 is 1.92 bits per heavy atom. The van der Waals surface area contributed by atoms with E-state index in [1.165, 1.54) is 0 Å². The molecule has 0 radical (unpaired) electrons. The van der Waals surface area contributed by atoms with E-state index < -0.39 is 0 Å². The van der Waals surface area contributed by atoms with Gasteiger partial charge in [0.25, 0.3) is 0 Å². The van der Waals surface area contributed by atoms with E-state index in [4.69, 9.17) is 0 Å². The fraction of sp³-hybridized carbons (Fsp3) is 0.667. The summed E-state index contributed by atoms with van der Waals surface area (Å²) in [6.45, 7) is 0. The van der Waals surface area contributed by atoms with Crippen molar-refractivity contribution in [2.45, 2.75) is 38.1 Å². The van der Waals surface area contributed by atoms with E-state index in [1.807, 2.05) is 0 Å². The summed E-state index contributed by atoms with van der Waals surface area (Å²) in [5.41, 5.74) is 1.69. The van der Waals surface area contributed by atoms with Crippen molar-refractivity contribution in [2.24, 2.45) is 0 Å². The zero-order valence-electron chi connectivity index (χ0n) is 7.36. The minimum absolute atomic E-state index is 0.229. The van der Waals surface area contributed by atoms with Crippen molar-refractivity contribution >= 4 is 0 Å². The Morgan fingerprint density at radius 1 is 1.23 bits per heavy atom. The van der Waals surface area contributed by atoms with Gasteiger partial charge in [0.15, 0.2) is 0 Å². The highest BCUT2D eigenvalue weighted by Crippen LogP contribution is 2.37. The molecule has 0 unspecified atom stereocenters. The summed E-state index contributed by atoms with van der Waals surface area (Å²) in [7, 11) is 0. The van der Waals surface area contributed by atoms with Crippen LogP contribution in [0.2, 0.25) is 0 Å². The molecule has 70 valence electrons. The lowest BCUT2D eigenvalue weighted by Gasteiger charge is -2.00. The Kier molecular flexibility index (Phi) is 1.22. The molecule has 1 fully saturated rings. The van der Waals surface area contributed by atoms with Crippen LogP contribution in [0.15, 0.2) is 4.79 Å². The second-order valence-corrected chi connectivity index (χ2v) is 3.94. The van der Waals surface area contributed by atoms with Gasteiger partial charge in [-0.1, -0.05) is 0 Å². The Balaban J connectivity index is 2.27. The molecule has 0 amide bonds. The van der Waals surface area contributed by atoms with Crippen LogP contribution in [-0.2, 0) is 12.8 Å². The van der Waals surface area contributed by atoms with Crippen LogP contribution in [0, 0.1) is 0 Å². The highest BCUT2D eigenvalue weighted by Gasteiger charge is 2.33. The lowest BCUT2D eigenvalue weighted by Crippen LogP contribution is -2.24. The van der Waals surface area contributed by atoms with E-state index in [2.05, 4.69) is 0 Å². The average molecular weight is 180 g/mol. The molecule has 0 spiro atoms. The molecule has 0 atom stereocenters. The van der Waals surface area contributed by atoms with Crippen molar-refractivity contribution in [1.29, 1.82) is 0 Å². The van der Waals surface area contributed by atoms with Crippen molar-refractivity contribution in [3.05, 3.63) is 21.9 Å². The zero-order chi connectivity index (χ0) is 9.00. The largest absolute Gasteiger partial charge is 0.424 e. The molecule has 0 bridgehead atoms. The second-order valence-electron chi connectivity index (χ2n) is 3.94. The molecule has 1 aromatic heterocycles. The molecule has 2 aliphatic rings. The first kappa shape index (κ1) is 7.24. The van der Waals surface area contributed by atoms with Gasteiger partial charge in [-0.05, 0) is 32.1 Å². The van der Waals surface area contributed by atoms with Crippen LogP contribution >= 0.6 is 0 Å².